The maximum atomic E-state index is 13.0. The predicted octanol–water partition coefficient (Wildman–Crippen LogP) is 4.85. The first kappa shape index (κ1) is 21.2. The van der Waals surface area contributed by atoms with Crippen molar-refractivity contribution in [2.45, 2.75) is 19.4 Å². The third-order valence-corrected chi connectivity index (χ3v) is 5.90. The molecule has 6 nitrogen and oxygen atoms in total. The number of furan rings is 1. The van der Waals surface area contributed by atoms with Gasteiger partial charge in [0, 0.05) is 32.4 Å². The van der Waals surface area contributed by atoms with Gasteiger partial charge in [-0.3, -0.25) is 9.59 Å². The Bertz CT molecular complexity index is 1090. The molecule has 1 fully saturated rings. The molecule has 1 aromatic heterocycles. The number of halogens is 1. The Morgan fingerprint density at radius 1 is 1.03 bits per heavy atom. The van der Waals surface area contributed by atoms with Crippen molar-refractivity contribution in [3.8, 4) is 0 Å². The summed E-state index contributed by atoms with van der Waals surface area (Å²) in [7, 11) is 1.63. The largest absolute Gasteiger partial charge is 0.444 e. The SMILES string of the molecule is CN(C(=O)c1ccc(Br)o1)c1ccccc1C(=O)NCc1ccccc1N1CCCC1. The number of nitrogens with one attached hydrogen (secondary N) is 1. The van der Waals surface area contributed by atoms with Crippen LogP contribution in [0.25, 0.3) is 0 Å². The van der Waals surface area contributed by atoms with Crippen LogP contribution in [0.3, 0.4) is 0 Å². The molecule has 0 aliphatic carbocycles. The summed E-state index contributed by atoms with van der Waals surface area (Å²) in [6.07, 6.45) is 2.39. The number of amides is 2. The van der Waals surface area contributed by atoms with Gasteiger partial charge in [-0.25, -0.2) is 0 Å². The lowest BCUT2D eigenvalue weighted by molar-refractivity contribution is 0.0951. The van der Waals surface area contributed by atoms with Crippen LogP contribution >= 0.6 is 15.9 Å². The summed E-state index contributed by atoms with van der Waals surface area (Å²) in [6.45, 7) is 2.51. The number of carbonyl (C=O) groups excluding carboxylic acids is 2. The molecule has 1 saturated heterocycles. The average Bonchev–Trinajstić information content (AvgIpc) is 3.49. The van der Waals surface area contributed by atoms with Gasteiger partial charge < -0.3 is 19.5 Å². The van der Waals surface area contributed by atoms with Gasteiger partial charge >= 0.3 is 0 Å². The molecule has 4 rings (SSSR count). The van der Waals surface area contributed by atoms with Crippen LogP contribution in [0.15, 0.2) is 69.8 Å². The third-order valence-electron chi connectivity index (χ3n) is 5.48. The third kappa shape index (κ3) is 4.66. The molecule has 1 N–H and O–H groups in total. The standard InChI is InChI=1S/C24H24BrN3O3/c1-27(24(30)21-12-13-22(25)31-21)20-11-5-3-9-18(20)23(29)26-16-17-8-2-4-10-19(17)28-14-6-7-15-28/h2-5,8-13H,6-7,14-16H2,1H3,(H,26,29). The van der Waals surface area contributed by atoms with E-state index in [-0.39, 0.29) is 17.6 Å². The number of carbonyl (C=O) groups is 2. The molecule has 0 bridgehead atoms. The topological polar surface area (TPSA) is 65.8 Å². The number of nitrogens with zero attached hydrogens (tertiary/aromatic N) is 2. The first-order valence-electron chi connectivity index (χ1n) is 10.3. The summed E-state index contributed by atoms with van der Waals surface area (Å²) in [5, 5.41) is 3.02. The van der Waals surface area contributed by atoms with E-state index >= 15 is 0 Å². The first-order chi connectivity index (χ1) is 15.0. The summed E-state index contributed by atoms with van der Waals surface area (Å²) in [4.78, 5) is 29.6. The molecule has 31 heavy (non-hydrogen) atoms. The lowest BCUT2D eigenvalue weighted by Crippen LogP contribution is -2.30. The fourth-order valence-electron chi connectivity index (χ4n) is 3.86. The minimum atomic E-state index is -0.328. The van der Waals surface area contributed by atoms with Crippen molar-refractivity contribution in [3.05, 3.63) is 82.2 Å². The van der Waals surface area contributed by atoms with Gasteiger partial charge in [-0.2, -0.15) is 0 Å². The van der Waals surface area contributed by atoms with Crippen LogP contribution < -0.4 is 15.1 Å². The highest BCUT2D eigenvalue weighted by molar-refractivity contribution is 9.10. The molecule has 1 aliphatic rings. The molecule has 160 valence electrons. The van der Waals surface area contributed by atoms with E-state index in [4.69, 9.17) is 4.42 Å². The predicted molar refractivity (Wildman–Crippen MR) is 125 cm³/mol. The zero-order valence-corrected chi connectivity index (χ0v) is 18.9. The molecule has 1 aliphatic heterocycles. The number of para-hydroxylation sites is 2. The molecule has 0 radical (unpaired) electrons. The molecule has 3 aromatic rings. The van der Waals surface area contributed by atoms with Crippen LogP contribution in [0.1, 0.15) is 39.3 Å². The number of hydrogen-bond donors (Lipinski definition) is 1. The van der Waals surface area contributed by atoms with Crippen molar-refractivity contribution in [3.63, 3.8) is 0 Å². The fraction of sp³-hybridized carbons (Fsp3) is 0.250. The van der Waals surface area contributed by atoms with Gasteiger partial charge in [0.15, 0.2) is 10.4 Å². The van der Waals surface area contributed by atoms with Crippen LogP contribution in [-0.4, -0.2) is 32.0 Å². The lowest BCUT2D eigenvalue weighted by Gasteiger charge is -2.22. The quantitative estimate of drug-likeness (QED) is 0.546. The first-order valence-corrected chi connectivity index (χ1v) is 11.1. The Morgan fingerprint density at radius 3 is 2.48 bits per heavy atom. The van der Waals surface area contributed by atoms with E-state index in [2.05, 4.69) is 32.2 Å². The van der Waals surface area contributed by atoms with E-state index in [0.717, 1.165) is 18.7 Å². The Kier molecular flexibility index (Phi) is 6.42. The summed E-state index contributed by atoms with van der Waals surface area (Å²) in [6, 6.07) is 18.5. The molecular formula is C24H24BrN3O3. The highest BCUT2D eigenvalue weighted by Gasteiger charge is 2.22. The fourth-order valence-corrected chi connectivity index (χ4v) is 4.17. The highest BCUT2D eigenvalue weighted by Crippen LogP contribution is 2.26. The second-order valence-corrected chi connectivity index (χ2v) is 8.27. The van der Waals surface area contributed by atoms with E-state index < -0.39 is 0 Å². The van der Waals surface area contributed by atoms with Crippen molar-refractivity contribution < 1.29 is 14.0 Å². The highest BCUT2D eigenvalue weighted by atomic mass is 79.9. The van der Waals surface area contributed by atoms with E-state index in [0.29, 0.717) is 22.5 Å². The van der Waals surface area contributed by atoms with Crippen LogP contribution in [0.5, 0.6) is 0 Å². The summed E-state index contributed by atoms with van der Waals surface area (Å²) >= 11 is 3.21. The molecule has 7 heteroatoms. The Balaban J connectivity index is 1.51. The van der Waals surface area contributed by atoms with Crippen molar-refractivity contribution >= 4 is 39.1 Å². The maximum Gasteiger partial charge on any atom is 0.293 e. The van der Waals surface area contributed by atoms with Gasteiger partial charge in [0.05, 0.1) is 11.3 Å². The zero-order chi connectivity index (χ0) is 21.8. The Morgan fingerprint density at radius 2 is 1.74 bits per heavy atom. The van der Waals surface area contributed by atoms with E-state index in [1.54, 1.807) is 43.4 Å². The molecular weight excluding hydrogens is 458 g/mol. The number of benzene rings is 2. The van der Waals surface area contributed by atoms with Gasteiger partial charge in [-0.15, -0.1) is 0 Å². The summed E-state index contributed by atoms with van der Waals surface area (Å²) < 4.78 is 5.85. The molecule has 2 heterocycles. The second-order valence-electron chi connectivity index (χ2n) is 7.49. The van der Waals surface area contributed by atoms with E-state index in [1.165, 1.54) is 23.4 Å². The number of hydrogen-bond acceptors (Lipinski definition) is 4. The molecule has 0 atom stereocenters. The summed E-state index contributed by atoms with van der Waals surface area (Å²) in [5.74, 6) is -0.360. The van der Waals surface area contributed by atoms with Gasteiger partial charge in [-0.05, 0) is 64.7 Å². The Labute approximate surface area is 190 Å². The van der Waals surface area contributed by atoms with Crippen molar-refractivity contribution in [1.82, 2.24) is 5.32 Å². The zero-order valence-electron chi connectivity index (χ0n) is 17.3. The molecule has 2 amide bonds. The normalized spacial score (nSPS) is 13.3. The van der Waals surface area contributed by atoms with Gasteiger partial charge in [0.25, 0.3) is 11.8 Å². The monoisotopic (exact) mass is 481 g/mol. The Hall–Kier alpha value is -3.06. The average molecular weight is 482 g/mol. The number of rotatable bonds is 6. The van der Waals surface area contributed by atoms with Crippen LogP contribution in [0.2, 0.25) is 0 Å². The molecule has 0 spiro atoms. The van der Waals surface area contributed by atoms with E-state index in [1.807, 2.05) is 18.2 Å². The van der Waals surface area contributed by atoms with Gasteiger partial charge in [0.2, 0.25) is 0 Å². The van der Waals surface area contributed by atoms with E-state index in [9.17, 15) is 9.59 Å². The lowest BCUT2D eigenvalue weighted by atomic mass is 10.1. The van der Waals surface area contributed by atoms with Gasteiger partial charge in [-0.1, -0.05) is 30.3 Å². The smallest absolute Gasteiger partial charge is 0.293 e. The minimum absolute atomic E-state index is 0.198. The van der Waals surface area contributed by atoms with Crippen molar-refractivity contribution in [1.29, 1.82) is 0 Å². The number of anilines is 2. The second kappa shape index (κ2) is 9.39. The minimum Gasteiger partial charge on any atom is -0.444 e. The van der Waals surface area contributed by atoms with Crippen molar-refractivity contribution in [2.75, 3.05) is 29.9 Å². The maximum absolute atomic E-state index is 13.0. The molecule has 0 saturated carbocycles. The summed E-state index contributed by atoms with van der Waals surface area (Å²) in [5.41, 5.74) is 3.21. The van der Waals surface area contributed by atoms with Crippen molar-refractivity contribution in [2.24, 2.45) is 0 Å². The van der Waals surface area contributed by atoms with Crippen LogP contribution in [0, 0.1) is 0 Å². The van der Waals surface area contributed by atoms with Crippen LogP contribution in [-0.2, 0) is 6.54 Å². The molecule has 2 aromatic carbocycles. The van der Waals surface area contributed by atoms with Crippen LogP contribution in [0.4, 0.5) is 11.4 Å². The van der Waals surface area contributed by atoms with Gasteiger partial charge in [0.1, 0.15) is 0 Å². The molecule has 0 unspecified atom stereocenters.